The molecular formula is C20H17FN6O2S. The van der Waals surface area contributed by atoms with Gasteiger partial charge in [-0.25, -0.2) is 27.9 Å². The molecule has 1 aliphatic carbocycles. The summed E-state index contributed by atoms with van der Waals surface area (Å²) in [6, 6.07) is 13.4. The van der Waals surface area contributed by atoms with Crippen LogP contribution in [0.5, 0.6) is 0 Å². The van der Waals surface area contributed by atoms with Crippen molar-refractivity contribution in [2.75, 3.05) is 5.32 Å². The molecule has 2 aromatic heterocycles. The summed E-state index contributed by atoms with van der Waals surface area (Å²) in [4.78, 5) is 13.0. The number of primary sulfonamides is 1. The minimum Gasteiger partial charge on any atom is -0.324 e. The van der Waals surface area contributed by atoms with Crippen molar-refractivity contribution in [3.63, 3.8) is 0 Å². The van der Waals surface area contributed by atoms with E-state index in [2.05, 4.69) is 20.3 Å². The Balaban J connectivity index is 1.59. The fraction of sp³-hybridized carbons (Fsp3) is 0.150. The molecule has 1 fully saturated rings. The number of benzene rings is 2. The molecule has 0 aliphatic heterocycles. The van der Waals surface area contributed by atoms with E-state index >= 15 is 0 Å². The number of halogens is 1. The Morgan fingerprint density at radius 1 is 1.10 bits per heavy atom. The van der Waals surface area contributed by atoms with Crippen LogP contribution in [0.2, 0.25) is 0 Å². The summed E-state index contributed by atoms with van der Waals surface area (Å²) in [5.74, 6) is 0.678. The van der Waals surface area contributed by atoms with Gasteiger partial charge in [-0.2, -0.15) is 4.98 Å². The number of fused-ring (bicyclic) bond motifs is 1. The second-order valence-corrected chi connectivity index (χ2v) is 8.69. The molecule has 0 unspecified atom stereocenters. The zero-order chi connectivity index (χ0) is 20.9. The van der Waals surface area contributed by atoms with Crippen LogP contribution < -0.4 is 10.5 Å². The molecule has 0 spiro atoms. The van der Waals surface area contributed by atoms with Gasteiger partial charge in [0, 0.05) is 11.6 Å². The van der Waals surface area contributed by atoms with E-state index in [1.165, 1.54) is 12.1 Å². The van der Waals surface area contributed by atoms with Gasteiger partial charge in [-0.1, -0.05) is 18.2 Å². The molecule has 0 atom stereocenters. The van der Waals surface area contributed by atoms with Crippen molar-refractivity contribution in [1.29, 1.82) is 0 Å². The van der Waals surface area contributed by atoms with Crippen LogP contribution in [-0.2, 0) is 10.0 Å². The fourth-order valence-corrected chi connectivity index (χ4v) is 3.90. The first kappa shape index (κ1) is 18.6. The van der Waals surface area contributed by atoms with Gasteiger partial charge in [-0.3, -0.25) is 4.57 Å². The van der Waals surface area contributed by atoms with Crippen molar-refractivity contribution >= 4 is 32.7 Å². The highest BCUT2D eigenvalue weighted by atomic mass is 32.2. The number of nitrogens with two attached hydrogens (primary N) is 1. The Labute approximate surface area is 171 Å². The van der Waals surface area contributed by atoms with Gasteiger partial charge in [0.25, 0.3) is 0 Å². The lowest BCUT2D eigenvalue weighted by Crippen LogP contribution is -2.12. The maximum absolute atomic E-state index is 14.8. The van der Waals surface area contributed by atoms with Crippen LogP contribution in [-0.4, -0.2) is 27.9 Å². The highest BCUT2D eigenvalue weighted by Gasteiger charge is 2.31. The van der Waals surface area contributed by atoms with E-state index in [1.807, 2.05) is 24.3 Å². The third-order valence-electron chi connectivity index (χ3n) is 4.89. The van der Waals surface area contributed by atoms with Crippen LogP contribution in [0, 0.1) is 5.82 Å². The molecule has 0 saturated heterocycles. The monoisotopic (exact) mass is 424 g/mol. The number of para-hydroxylation sites is 2. The molecule has 8 nitrogen and oxygen atoms in total. The predicted octanol–water partition coefficient (Wildman–Crippen LogP) is 3.22. The van der Waals surface area contributed by atoms with Crippen LogP contribution in [0.15, 0.2) is 59.6 Å². The Hall–Kier alpha value is -3.37. The summed E-state index contributed by atoms with van der Waals surface area (Å²) < 4.78 is 39.7. The average molecular weight is 424 g/mol. The van der Waals surface area contributed by atoms with Crippen molar-refractivity contribution in [2.24, 2.45) is 5.14 Å². The van der Waals surface area contributed by atoms with Crippen molar-refractivity contribution in [2.45, 2.75) is 23.7 Å². The normalized spacial score (nSPS) is 14.2. The van der Waals surface area contributed by atoms with Gasteiger partial charge >= 0.3 is 0 Å². The number of imidazole rings is 1. The molecule has 0 bridgehead atoms. The molecule has 10 heteroatoms. The van der Waals surface area contributed by atoms with Crippen LogP contribution >= 0.6 is 0 Å². The molecule has 2 aromatic carbocycles. The quantitative estimate of drug-likeness (QED) is 0.508. The second-order valence-electron chi connectivity index (χ2n) is 7.13. The van der Waals surface area contributed by atoms with Gasteiger partial charge in [0.05, 0.1) is 22.1 Å². The van der Waals surface area contributed by atoms with E-state index in [0.29, 0.717) is 5.69 Å². The van der Waals surface area contributed by atoms with Crippen LogP contribution in [0.1, 0.15) is 24.6 Å². The van der Waals surface area contributed by atoms with Crippen LogP contribution in [0.25, 0.3) is 16.9 Å². The first-order chi connectivity index (χ1) is 14.4. The lowest BCUT2D eigenvalue weighted by Gasteiger charge is -2.11. The Bertz CT molecular complexity index is 1380. The summed E-state index contributed by atoms with van der Waals surface area (Å²) in [5.41, 5.74) is 1.95. The van der Waals surface area contributed by atoms with E-state index in [9.17, 15) is 12.8 Å². The highest BCUT2D eigenvalue weighted by Crippen LogP contribution is 2.41. The maximum Gasteiger partial charge on any atom is 0.238 e. The summed E-state index contributed by atoms with van der Waals surface area (Å²) in [7, 11) is -3.85. The largest absolute Gasteiger partial charge is 0.324 e. The summed E-state index contributed by atoms with van der Waals surface area (Å²) in [5, 5.41) is 8.10. The number of anilines is 2. The highest BCUT2D eigenvalue weighted by molar-refractivity contribution is 7.89. The number of hydrogen-bond acceptors (Lipinski definition) is 6. The number of hydrogen-bond donors (Lipinski definition) is 2. The Morgan fingerprint density at radius 3 is 2.67 bits per heavy atom. The summed E-state index contributed by atoms with van der Waals surface area (Å²) in [6.07, 6.45) is 3.09. The van der Waals surface area contributed by atoms with Gasteiger partial charge in [0.15, 0.2) is 11.6 Å². The number of aromatic nitrogens is 4. The first-order valence-corrected chi connectivity index (χ1v) is 10.8. The smallest absolute Gasteiger partial charge is 0.238 e. The number of nitrogens with one attached hydrogen (secondary N) is 1. The zero-order valence-corrected chi connectivity index (χ0v) is 16.5. The van der Waals surface area contributed by atoms with E-state index in [1.54, 1.807) is 16.7 Å². The molecule has 1 saturated carbocycles. The van der Waals surface area contributed by atoms with Gasteiger partial charge in [-0.05, 0) is 43.2 Å². The summed E-state index contributed by atoms with van der Waals surface area (Å²) in [6.45, 7) is 0. The zero-order valence-electron chi connectivity index (χ0n) is 15.7. The van der Waals surface area contributed by atoms with E-state index < -0.39 is 15.8 Å². The van der Waals surface area contributed by atoms with E-state index in [0.717, 1.165) is 35.9 Å². The molecule has 3 N–H and O–H groups in total. The molecule has 1 aliphatic rings. The molecule has 4 aromatic rings. The lowest BCUT2D eigenvalue weighted by atomic mass is 10.3. The minimum absolute atomic E-state index is 0.0496. The number of rotatable bonds is 5. The third-order valence-corrected chi connectivity index (χ3v) is 5.80. The third kappa shape index (κ3) is 3.40. The molecule has 30 heavy (non-hydrogen) atoms. The van der Waals surface area contributed by atoms with Crippen molar-refractivity contribution in [3.8, 4) is 5.82 Å². The van der Waals surface area contributed by atoms with Crippen molar-refractivity contribution in [3.05, 3.63) is 66.4 Å². The summed E-state index contributed by atoms with van der Waals surface area (Å²) >= 11 is 0. The number of nitrogens with zero attached hydrogens (tertiary/aromatic N) is 4. The standard InChI is InChI=1S/C20H17FN6O2S/c21-15-11-23-20(24-13-4-3-5-14(10-13)30(22,28)29)26-19(15)27-17-7-2-1-6-16(17)25-18(27)12-8-9-12/h1-7,10-12H,8-9H2,(H2,22,28,29)(H,23,24,26). The molecule has 5 rings (SSSR count). The average Bonchev–Trinajstić information content (AvgIpc) is 3.49. The topological polar surface area (TPSA) is 116 Å². The molecule has 0 radical (unpaired) electrons. The van der Waals surface area contributed by atoms with Gasteiger partial charge in [0.2, 0.25) is 16.0 Å². The van der Waals surface area contributed by atoms with Gasteiger partial charge < -0.3 is 5.32 Å². The van der Waals surface area contributed by atoms with Crippen molar-refractivity contribution < 1.29 is 12.8 Å². The van der Waals surface area contributed by atoms with Gasteiger partial charge in [0.1, 0.15) is 5.82 Å². The fourth-order valence-electron chi connectivity index (χ4n) is 3.34. The molecule has 152 valence electrons. The number of sulfonamides is 1. The van der Waals surface area contributed by atoms with Crippen LogP contribution in [0.4, 0.5) is 16.0 Å². The molecule has 2 heterocycles. The second kappa shape index (κ2) is 6.85. The molecular weight excluding hydrogens is 407 g/mol. The first-order valence-electron chi connectivity index (χ1n) is 9.30. The Kier molecular flexibility index (Phi) is 4.26. The van der Waals surface area contributed by atoms with Crippen LogP contribution in [0.3, 0.4) is 0 Å². The SMILES string of the molecule is NS(=O)(=O)c1cccc(Nc2ncc(F)c(-n3c(C4CC4)nc4ccccc43)n2)c1. The maximum atomic E-state index is 14.8. The van der Waals surface area contributed by atoms with E-state index in [4.69, 9.17) is 5.14 Å². The lowest BCUT2D eigenvalue weighted by molar-refractivity contribution is 0.598. The Morgan fingerprint density at radius 2 is 1.90 bits per heavy atom. The van der Waals surface area contributed by atoms with Crippen molar-refractivity contribution in [1.82, 2.24) is 19.5 Å². The van der Waals surface area contributed by atoms with Gasteiger partial charge in [-0.15, -0.1) is 0 Å². The minimum atomic E-state index is -3.85. The predicted molar refractivity (Wildman–Crippen MR) is 110 cm³/mol. The van der Waals surface area contributed by atoms with E-state index in [-0.39, 0.29) is 22.6 Å². The molecule has 0 amide bonds.